The fourth-order valence-electron chi connectivity index (χ4n) is 2.66. The van der Waals surface area contributed by atoms with E-state index in [0.29, 0.717) is 16.9 Å². The molecule has 0 amide bonds. The summed E-state index contributed by atoms with van der Waals surface area (Å²) in [5.41, 5.74) is 1.83. The first-order valence-electron chi connectivity index (χ1n) is 8.00. The minimum atomic E-state index is -3.66. The second kappa shape index (κ2) is 6.49. The fourth-order valence-corrected chi connectivity index (χ4v) is 3.66. The van der Waals surface area contributed by atoms with Gasteiger partial charge in [-0.15, -0.1) is 0 Å². The van der Waals surface area contributed by atoms with Crippen LogP contribution in [0.4, 0.5) is 0 Å². The SMILES string of the molecule is Cn1c(=O)[nH]c2cc(-c3noc(CNS(=O)(=O)c4ccccc4)n3)ccc21. The van der Waals surface area contributed by atoms with E-state index in [1.54, 1.807) is 43.4 Å². The molecule has 2 heterocycles. The lowest BCUT2D eigenvalue weighted by Gasteiger charge is -2.03. The number of benzene rings is 2. The molecule has 0 saturated heterocycles. The molecular weight excluding hydrogens is 370 g/mol. The van der Waals surface area contributed by atoms with Gasteiger partial charge in [0.1, 0.15) is 0 Å². The quantitative estimate of drug-likeness (QED) is 0.535. The Morgan fingerprint density at radius 1 is 1.19 bits per heavy atom. The summed E-state index contributed by atoms with van der Waals surface area (Å²) < 4.78 is 33.5. The molecule has 4 rings (SSSR count). The van der Waals surface area contributed by atoms with Crippen molar-refractivity contribution in [3.05, 3.63) is 64.9 Å². The standard InChI is InChI=1S/C17H15N5O4S/c1-22-14-8-7-11(9-13(14)19-17(22)23)16-20-15(26-21-16)10-18-27(24,25)12-5-3-2-4-6-12/h2-9,18H,10H2,1H3,(H,19,23). The number of hydrogen-bond acceptors (Lipinski definition) is 6. The maximum atomic E-state index is 12.2. The van der Waals surface area contributed by atoms with Crippen LogP contribution in [0, 0.1) is 0 Å². The number of sulfonamides is 1. The Balaban J connectivity index is 1.54. The Morgan fingerprint density at radius 3 is 2.74 bits per heavy atom. The molecule has 0 aliphatic heterocycles. The minimum Gasteiger partial charge on any atom is -0.338 e. The lowest BCUT2D eigenvalue weighted by atomic mass is 10.2. The van der Waals surface area contributed by atoms with Crippen molar-refractivity contribution in [2.45, 2.75) is 11.4 Å². The van der Waals surface area contributed by atoms with Crippen LogP contribution in [0.25, 0.3) is 22.4 Å². The lowest BCUT2D eigenvalue weighted by molar-refractivity contribution is 0.376. The molecule has 0 unspecified atom stereocenters. The van der Waals surface area contributed by atoms with Crippen LogP contribution >= 0.6 is 0 Å². The molecule has 0 spiro atoms. The number of aromatic amines is 1. The zero-order valence-electron chi connectivity index (χ0n) is 14.2. The molecule has 4 aromatic rings. The van der Waals surface area contributed by atoms with E-state index in [1.165, 1.54) is 16.7 Å². The smallest absolute Gasteiger partial charge is 0.326 e. The molecular formula is C17H15N5O4S. The summed E-state index contributed by atoms with van der Waals surface area (Å²) in [6.45, 7) is -0.130. The van der Waals surface area contributed by atoms with Gasteiger partial charge in [-0.25, -0.2) is 17.9 Å². The van der Waals surface area contributed by atoms with Gasteiger partial charge in [0.25, 0.3) is 0 Å². The highest BCUT2D eigenvalue weighted by molar-refractivity contribution is 7.89. The predicted molar refractivity (Wildman–Crippen MR) is 97.3 cm³/mol. The van der Waals surface area contributed by atoms with Crippen molar-refractivity contribution in [2.75, 3.05) is 0 Å². The molecule has 9 nitrogen and oxygen atoms in total. The maximum absolute atomic E-state index is 12.2. The molecule has 0 atom stereocenters. The highest BCUT2D eigenvalue weighted by atomic mass is 32.2. The number of nitrogens with zero attached hydrogens (tertiary/aromatic N) is 3. The molecule has 0 radical (unpaired) electrons. The van der Waals surface area contributed by atoms with Crippen LogP contribution in [0.15, 0.2) is 62.7 Å². The van der Waals surface area contributed by atoms with E-state index < -0.39 is 10.0 Å². The third-order valence-corrected chi connectivity index (χ3v) is 5.51. The number of H-pyrrole nitrogens is 1. The molecule has 0 bridgehead atoms. The van der Waals surface area contributed by atoms with Crippen molar-refractivity contribution >= 4 is 21.1 Å². The summed E-state index contributed by atoms with van der Waals surface area (Å²) in [5.74, 6) is 0.432. The average molecular weight is 385 g/mol. The van der Waals surface area contributed by atoms with E-state index >= 15 is 0 Å². The molecule has 2 aromatic carbocycles. The number of nitrogens with one attached hydrogen (secondary N) is 2. The first-order valence-corrected chi connectivity index (χ1v) is 9.49. The molecule has 2 aromatic heterocycles. The Labute approximate surface area is 153 Å². The van der Waals surface area contributed by atoms with E-state index in [0.717, 1.165) is 5.52 Å². The van der Waals surface area contributed by atoms with Gasteiger partial charge in [0, 0.05) is 12.6 Å². The second-order valence-corrected chi connectivity index (χ2v) is 7.64. The van der Waals surface area contributed by atoms with E-state index in [2.05, 4.69) is 19.8 Å². The van der Waals surface area contributed by atoms with E-state index in [-0.39, 0.29) is 23.0 Å². The molecule has 10 heteroatoms. The van der Waals surface area contributed by atoms with Gasteiger partial charge in [-0.05, 0) is 30.3 Å². The third-order valence-electron chi connectivity index (χ3n) is 4.10. The Hall–Kier alpha value is -3.24. The minimum absolute atomic E-state index is 0.130. The van der Waals surface area contributed by atoms with Gasteiger partial charge in [-0.1, -0.05) is 23.4 Å². The highest BCUT2D eigenvalue weighted by Gasteiger charge is 2.16. The van der Waals surface area contributed by atoms with Crippen LogP contribution in [-0.4, -0.2) is 28.1 Å². The number of aromatic nitrogens is 4. The third kappa shape index (κ3) is 3.27. The number of imidazole rings is 1. The predicted octanol–water partition coefficient (Wildman–Crippen LogP) is 1.40. The summed E-state index contributed by atoms with van der Waals surface area (Å²) >= 11 is 0. The van der Waals surface area contributed by atoms with Gasteiger partial charge in [-0.2, -0.15) is 4.98 Å². The number of fused-ring (bicyclic) bond motifs is 1. The van der Waals surface area contributed by atoms with Crippen LogP contribution in [0.5, 0.6) is 0 Å². The van der Waals surface area contributed by atoms with Crippen LogP contribution in [0.1, 0.15) is 5.89 Å². The monoisotopic (exact) mass is 385 g/mol. The van der Waals surface area contributed by atoms with Crippen molar-refractivity contribution < 1.29 is 12.9 Å². The van der Waals surface area contributed by atoms with Gasteiger partial charge in [0.05, 0.1) is 22.5 Å². The van der Waals surface area contributed by atoms with Crippen LogP contribution < -0.4 is 10.4 Å². The number of rotatable bonds is 5. The molecule has 2 N–H and O–H groups in total. The maximum Gasteiger partial charge on any atom is 0.326 e. The summed E-state index contributed by atoms with van der Waals surface area (Å²) in [5, 5.41) is 3.88. The van der Waals surface area contributed by atoms with E-state index in [9.17, 15) is 13.2 Å². The van der Waals surface area contributed by atoms with Crippen LogP contribution in [0.2, 0.25) is 0 Å². The van der Waals surface area contributed by atoms with Gasteiger partial charge < -0.3 is 9.51 Å². The van der Waals surface area contributed by atoms with Gasteiger partial charge in [-0.3, -0.25) is 4.57 Å². The summed E-state index contributed by atoms with van der Waals surface area (Å²) in [6, 6.07) is 13.3. The molecule has 138 valence electrons. The van der Waals surface area contributed by atoms with Crippen molar-refractivity contribution in [1.29, 1.82) is 0 Å². The van der Waals surface area contributed by atoms with Crippen LogP contribution in [0.3, 0.4) is 0 Å². The second-order valence-electron chi connectivity index (χ2n) is 5.87. The Bertz CT molecular complexity index is 1270. The zero-order chi connectivity index (χ0) is 19.0. The number of aryl methyl sites for hydroxylation is 1. The van der Waals surface area contributed by atoms with Gasteiger partial charge >= 0.3 is 5.69 Å². The summed E-state index contributed by atoms with van der Waals surface area (Å²) in [7, 11) is -1.99. The Morgan fingerprint density at radius 2 is 1.96 bits per heavy atom. The molecule has 0 aliphatic carbocycles. The normalized spacial score (nSPS) is 11.9. The number of hydrogen-bond donors (Lipinski definition) is 2. The van der Waals surface area contributed by atoms with E-state index in [1.807, 2.05) is 0 Å². The fraction of sp³-hybridized carbons (Fsp3) is 0.118. The molecule has 0 aliphatic rings. The van der Waals surface area contributed by atoms with Crippen molar-refractivity contribution in [3.8, 4) is 11.4 Å². The summed E-state index contributed by atoms with van der Waals surface area (Å²) in [6.07, 6.45) is 0. The first-order chi connectivity index (χ1) is 12.9. The topological polar surface area (TPSA) is 123 Å². The van der Waals surface area contributed by atoms with Crippen molar-refractivity contribution in [2.24, 2.45) is 7.05 Å². The molecule has 0 fully saturated rings. The van der Waals surface area contributed by atoms with Gasteiger partial charge in [0.2, 0.25) is 21.7 Å². The summed E-state index contributed by atoms with van der Waals surface area (Å²) in [4.78, 5) is 18.8. The largest absolute Gasteiger partial charge is 0.338 e. The average Bonchev–Trinajstić information content (AvgIpc) is 3.26. The highest BCUT2D eigenvalue weighted by Crippen LogP contribution is 2.20. The van der Waals surface area contributed by atoms with Crippen LogP contribution in [-0.2, 0) is 23.6 Å². The lowest BCUT2D eigenvalue weighted by Crippen LogP contribution is -2.23. The first kappa shape index (κ1) is 17.2. The zero-order valence-corrected chi connectivity index (χ0v) is 15.0. The molecule has 0 saturated carbocycles. The van der Waals surface area contributed by atoms with E-state index in [4.69, 9.17) is 4.52 Å². The Kier molecular flexibility index (Phi) is 4.13. The van der Waals surface area contributed by atoms with Crippen molar-refractivity contribution in [1.82, 2.24) is 24.4 Å². The molecule has 27 heavy (non-hydrogen) atoms. The van der Waals surface area contributed by atoms with Gasteiger partial charge in [0.15, 0.2) is 0 Å². The van der Waals surface area contributed by atoms with Crippen molar-refractivity contribution in [3.63, 3.8) is 0 Å².